The second kappa shape index (κ2) is 8.35. The maximum atomic E-state index is 13.3. The summed E-state index contributed by atoms with van der Waals surface area (Å²) in [7, 11) is 0. The highest BCUT2D eigenvalue weighted by Crippen LogP contribution is 2.38. The van der Waals surface area contributed by atoms with Crippen molar-refractivity contribution in [3.63, 3.8) is 0 Å². The van der Waals surface area contributed by atoms with Crippen LogP contribution in [0.25, 0.3) is 0 Å². The molecule has 28 heavy (non-hydrogen) atoms. The van der Waals surface area contributed by atoms with E-state index in [1.165, 1.54) is 0 Å². The van der Waals surface area contributed by atoms with Gasteiger partial charge in [0.05, 0.1) is 31.0 Å². The zero-order valence-electron chi connectivity index (χ0n) is 15.1. The Morgan fingerprint density at radius 2 is 2.04 bits per heavy atom. The fourth-order valence-corrected chi connectivity index (χ4v) is 3.30. The van der Waals surface area contributed by atoms with E-state index in [2.05, 4.69) is 4.98 Å². The van der Waals surface area contributed by atoms with Crippen molar-refractivity contribution in [2.45, 2.75) is 19.5 Å². The van der Waals surface area contributed by atoms with Crippen molar-refractivity contribution in [3.05, 3.63) is 77.0 Å². The minimum atomic E-state index is -0.183. The number of nitrogens with zero attached hydrogens (tertiary/aromatic N) is 2. The van der Waals surface area contributed by atoms with Gasteiger partial charge in [0, 0.05) is 30.9 Å². The van der Waals surface area contributed by atoms with Crippen LogP contribution in [-0.4, -0.2) is 29.0 Å². The molecule has 6 nitrogen and oxygen atoms in total. The van der Waals surface area contributed by atoms with Gasteiger partial charge in [-0.2, -0.15) is 0 Å². The molecule has 1 aliphatic rings. The summed E-state index contributed by atoms with van der Waals surface area (Å²) in [6.45, 7) is 1.77. The van der Waals surface area contributed by atoms with E-state index in [0.29, 0.717) is 54.1 Å². The molecule has 0 spiro atoms. The lowest BCUT2D eigenvalue weighted by atomic mass is 10.1. The Balaban J connectivity index is 1.64. The lowest BCUT2D eigenvalue weighted by Crippen LogP contribution is -2.30. The first kappa shape index (κ1) is 18.4. The van der Waals surface area contributed by atoms with Gasteiger partial charge in [0.15, 0.2) is 11.5 Å². The highest BCUT2D eigenvalue weighted by atomic mass is 35.5. The normalized spacial score (nSPS) is 13.0. The molecule has 2 aromatic heterocycles. The first-order valence-electron chi connectivity index (χ1n) is 9.00. The van der Waals surface area contributed by atoms with Crippen molar-refractivity contribution < 1.29 is 18.7 Å². The number of carbonyl (C=O) groups excluding carboxylic acids is 1. The van der Waals surface area contributed by atoms with Crippen LogP contribution in [0.3, 0.4) is 0 Å². The molecule has 1 amide bonds. The number of amides is 1. The van der Waals surface area contributed by atoms with E-state index in [0.717, 1.165) is 12.0 Å². The van der Waals surface area contributed by atoms with E-state index in [-0.39, 0.29) is 5.91 Å². The first-order valence-corrected chi connectivity index (χ1v) is 9.38. The smallest absolute Gasteiger partial charge is 0.254 e. The Hall–Kier alpha value is -2.99. The summed E-state index contributed by atoms with van der Waals surface area (Å²) < 4.78 is 16.8. The van der Waals surface area contributed by atoms with Crippen molar-refractivity contribution in [2.75, 3.05) is 13.2 Å². The third-order valence-electron chi connectivity index (χ3n) is 4.36. The highest BCUT2D eigenvalue weighted by Gasteiger charge is 2.23. The minimum Gasteiger partial charge on any atom is -0.489 e. The van der Waals surface area contributed by atoms with Crippen molar-refractivity contribution in [1.82, 2.24) is 9.88 Å². The average molecular weight is 399 g/mol. The number of halogens is 1. The molecule has 0 fully saturated rings. The highest BCUT2D eigenvalue weighted by molar-refractivity contribution is 6.32. The summed E-state index contributed by atoms with van der Waals surface area (Å²) in [5, 5.41) is 0.363. The molecule has 1 aromatic carbocycles. The largest absolute Gasteiger partial charge is 0.489 e. The van der Waals surface area contributed by atoms with Crippen LogP contribution in [0.4, 0.5) is 0 Å². The number of pyridine rings is 1. The summed E-state index contributed by atoms with van der Waals surface area (Å²) in [6, 6.07) is 10.7. The predicted octanol–water partition coefficient (Wildman–Crippen LogP) is 4.33. The quantitative estimate of drug-likeness (QED) is 0.640. The Kier molecular flexibility index (Phi) is 5.48. The monoisotopic (exact) mass is 398 g/mol. The molecule has 0 aliphatic carbocycles. The van der Waals surface area contributed by atoms with Crippen LogP contribution >= 0.6 is 11.6 Å². The molecular formula is C21H19ClN2O4. The number of carbonyl (C=O) groups is 1. The topological polar surface area (TPSA) is 64.8 Å². The summed E-state index contributed by atoms with van der Waals surface area (Å²) in [4.78, 5) is 19.1. The van der Waals surface area contributed by atoms with Crippen LogP contribution < -0.4 is 9.47 Å². The fourth-order valence-electron chi connectivity index (χ4n) is 3.04. The molecule has 0 bridgehead atoms. The third kappa shape index (κ3) is 4.12. The standard InChI is InChI=1S/C21H19ClN2O4/c22-18-10-16(11-19-20(18)28-9-3-8-27-19)21(25)24(14-17-5-2-7-26-17)13-15-4-1-6-23-12-15/h1-2,4-7,10-12H,3,8-9,13-14H2. The van der Waals surface area contributed by atoms with Gasteiger partial charge in [-0.15, -0.1) is 0 Å². The number of benzene rings is 1. The lowest BCUT2D eigenvalue weighted by Gasteiger charge is -2.22. The molecular weight excluding hydrogens is 380 g/mol. The van der Waals surface area contributed by atoms with Crippen LogP contribution in [-0.2, 0) is 13.1 Å². The number of fused-ring (bicyclic) bond motifs is 1. The number of hydrogen-bond donors (Lipinski definition) is 0. The third-order valence-corrected chi connectivity index (χ3v) is 4.64. The molecule has 3 aromatic rings. The minimum absolute atomic E-state index is 0.183. The number of furan rings is 1. The van der Waals surface area contributed by atoms with Crippen molar-refractivity contribution in [1.29, 1.82) is 0 Å². The van der Waals surface area contributed by atoms with Crippen LogP contribution in [0.5, 0.6) is 11.5 Å². The Labute approximate surface area is 167 Å². The van der Waals surface area contributed by atoms with Gasteiger partial charge in [0.2, 0.25) is 0 Å². The van der Waals surface area contributed by atoms with Gasteiger partial charge < -0.3 is 18.8 Å². The SMILES string of the molecule is O=C(c1cc(Cl)c2c(c1)OCCCO2)N(Cc1cccnc1)Cc1ccco1. The van der Waals surface area contributed by atoms with Gasteiger partial charge in [-0.25, -0.2) is 0 Å². The fraction of sp³-hybridized carbons (Fsp3) is 0.238. The van der Waals surface area contributed by atoms with Crippen molar-refractivity contribution in [2.24, 2.45) is 0 Å². The molecule has 0 unspecified atom stereocenters. The van der Waals surface area contributed by atoms with E-state index in [4.69, 9.17) is 25.5 Å². The summed E-state index contributed by atoms with van der Waals surface area (Å²) in [6.07, 6.45) is 5.79. The molecule has 0 atom stereocenters. The molecule has 1 aliphatic heterocycles. The first-order chi connectivity index (χ1) is 13.7. The van der Waals surface area contributed by atoms with E-state index < -0.39 is 0 Å². The van der Waals surface area contributed by atoms with Crippen LogP contribution in [0, 0.1) is 0 Å². The van der Waals surface area contributed by atoms with E-state index in [9.17, 15) is 4.79 Å². The molecule has 0 saturated carbocycles. The van der Waals surface area contributed by atoms with Crippen LogP contribution in [0.15, 0.2) is 59.5 Å². The number of ether oxygens (including phenoxy) is 2. The average Bonchev–Trinajstić information content (AvgIpc) is 3.10. The molecule has 0 radical (unpaired) electrons. The molecule has 0 N–H and O–H groups in total. The maximum absolute atomic E-state index is 13.3. The van der Waals surface area contributed by atoms with Gasteiger partial charge >= 0.3 is 0 Å². The number of hydrogen-bond acceptors (Lipinski definition) is 5. The molecule has 4 rings (SSSR count). The van der Waals surface area contributed by atoms with Gasteiger partial charge in [0.25, 0.3) is 5.91 Å². The van der Waals surface area contributed by atoms with Gasteiger partial charge in [-0.05, 0) is 35.9 Å². The molecule has 144 valence electrons. The number of rotatable bonds is 5. The Morgan fingerprint density at radius 3 is 2.82 bits per heavy atom. The van der Waals surface area contributed by atoms with Crippen molar-refractivity contribution in [3.8, 4) is 11.5 Å². The van der Waals surface area contributed by atoms with Gasteiger partial charge in [-0.1, -0.05) is 17.7 Å². The second-order valence-corrected chi connectivity index (χ2v) is 6.84. The van der Waals surface area contributed by atoms with Gasteiger partial charge in [-0.3, -0.25) is 9.78 Å². The zero-order valence-corrected chi connectivity index (χ0v) is 15.9. The van der Waals surface area contributed by atoms with Crippen LogP contribution in [0.2, 0.25) is 5.02 Å². The lowest BCUT2D eigenvalue weighted by molar-refractivity contribution is 0.0717. The van der Waals surface area contributed by atoms with Gasteiger partial charge in [0.1, 0.15) is 5.76 Å². The summed E-state index contributed by atoms with van der Waals surface area (Å²) >= 11 is 6.37. The Bertz CT molecular complexity index is 945. The van der Waals surface area contributed by atoms with Crippen molar-refractivity contribution >= 4 is 17.5 Å². The summed E-state index contributed by atoms with van der Waals surface area (Å²) in [5.74, 6) is 1.49. The van der Waals surface area contributed by atoms with E-state index in [1.54, 1.807) is 41.8 Å². The molecule has 7 heteroatoms. The Morgan fingerprint density at radius 1 is 1.14 bits per heavy atom. The van der Waals surface area contributed by atoms with Crippen LogP contribution in [0.1, 0.15) is 28.1 Å². The van der Waals surface area contributed by atoms with E-state index >= 15 is 0 Å². The summed E-state index contributed by atoms with van der Waals surface area (Å²) in [5.41, 5.74) is 1.35. The zero-order chi connectivity index (χ0) is 19.3. The predicted molar refractivity (Wildman–Crippen MR) is 104 cm³/mol. The van der Waals surface area contributed by atoms with E-state index in [1.807, 2.05) is 18.2 Å². The maximum Gasteiger partial charge on any atom is 0.254 e. The number of aromatic nitrogens is 1. The molecule has 3 heterocycles. The molecule has 0 saturated heterocycles. The second-order valence-electron chi connectivity index (χ2n) is 6.44.